The molecule has 2 heterocycles. The highest BCUT2D eigenvalue weighted by Crippen LogP contribution is 2.29. The van der Waals surface area contributed by atoms with E-state index in [2.05, 4.69) is 5.32 Å². The zero-order chi connectivity index (χ0) is 17.2. The Morgan fingerprint density at radius 2 is 2.00 bits per heavy atom. The molecule has 2 aromatic rings. The highest BCUT2D eigenvalue weighted by molar-refractivity contribution is 6.06. The van der Waals surface area contributed by atoms with Crippen LogP contribution >= 0.6 is 0 Å². The minimum atomic E-state index is -1.26. The van der Waals surface area contributed by atoms with E-state index in [1.807, 2.05) is 18.2 Å². The van der Waals surface area contributed by atoms with E-state index in [1.54, 1.807) is 31.2 Å². The first kappa shape index (κ1) is 16.1. The van der Waals surface area contributed by atoms with Gasteiger partial charge in [0.2, 0.25) is 0 Å². The molecule has 0 spiro atoms. The van der Waals surface area contributed by atoms with Gasteiger partial charge in [-0.3, -0.25) is 9.69 Å². The maximum Gasteiger partial charge on any atom is 0.325 e. The smallest absolute Gasteiger partial charge is 0.325 e. The van der Waals surface area contributed by atoms with E-state index in [9.17, 15) is 14.7 Å². The van der Waals surface area contributed by atoms with Gasteiger partial charge in [0, 0.05) is 0 Å². The number of hydrogen-bond donors (Lipinski definition) is 2. The molecular formula is C17H18N2O5. The third-order valence-electron chi connectivity index (χ3n) is 3.87. The van der Waals surface area contributed by atoms with Gasteiger partial charge < -0.3 is 19.6 Å². The van der Waals surface area contributed by atoms with Crippen molar-refractivity contribution in [2.75, 3.05) is 13.2 Å². The number of carbonyl (C=O) groups is 2. The topological polar surface area (TPSA) is 92.0 Å². The first-order valence-corrected chi connectivity index (χ1v) is 7.55. The van der Waals surface area contributed by atoms with Crippen LogP contribution in [0.5, 0.6) is 5.75 Å². The van der Waals surface area contributed by atoms with Gasteiger partial charge in [0.05, 0.1) is 12.8 Å². The van der Waals surface area contributed by atoms with Gasteiger partial charge in [-0.25, -0.2) is 4.79 Å². The zero-order valence-corrected chi connectivity index (χ0v) is 13.1. The third kappa shape index (κ3) is 2.98. The fraction of sp³-hybridized carbons (Fsp3) is 0.294. The van der Waals surface area contributed by atoms with Crippen molar-refractivity contribution in [1.82, 2.24) is 10.2 Å². The van der Waals surface area contributed by atoms with Crippen LogP contribution in [0.3, 0.4) is 0 Å². The highest BCUT2D eigenvalue weighted by atomic mass is 16.5. The normalized spacial score (nSPS) is 21.7. The summed E-state index contributed by atoms with van der Waals surface area (Å²) in [5, 5.41) is 12.7. The first-order valence-electron chi connectivity index (χ1n) is 7.55. The quantitative estimate of drug-likeness (QED) is 0.783. The summed E-state index contributed by atoms with van der Waals surface area (Å²) < 4.78 is 10.7. The van der Waals surface area contributed by atoms with Crippen molar-refractivity contribution in [1.29, 1.82) is 0 Å². The molecule has 3 rings (SSSR count). The van der Waals surface area contributed by atoms with Gasteiger partial charge in [-0.05, 0) is 31.2 Å². The molecule has 0 saturated carbocycles. The molecule has 7 heteroatoms. The highest BCUT2D eigenvalue weighted by Gasteiger charge is 2.51. The molecule has 1 saturated heterocycles. The predicted octanol–water partition coefficient (Wildman–Crippen LogP) is 1.49. The predicted molar refractivity (Wildman–Crippen MR) is 84.2 cm³/mol. The number of aliphatic hydroxyl groups is 1. The molecule has 7 nitrogen and oxygen atoms in total. The molecule has 2 atom stereocenters. The number of urea groups is 1. The molecule has 0 unspecified atom stereocenters. The summed E-state index contributed by atoms with van der Waals surface area (Å²) >= 11 is 0. The summed E-state index contributed by atoms with van der Waals surface area (Å²) in [4.78, 5) is 25.7. The van der Waals surface area contributed by atoms with Crippen molar-refractivity contribution in [2.45, 2.75) is 18.6 Å². The Morgan fingerprint density at radius 1 is 1.25 bits per heavy atom. The molecule has 24 heavy (non-hydrogen) atoms. The van der Waals surface area contributed by atoms with Gasteiger partial charge in [0.15, 0.2) is 5.54 Å². The van der Waals surface area contributed by atoms with Crippen molar-refractivity contribution in [3.63, 3.8) is 0 Å². The van der Waals surface area contributed by atoms with Crippen molar-refractivity contribution < 1.29 is 23.8 Å². The second-order valence-electron chi connectivity index (χ2n) is 5.73. The lowest BCUT2D eigenvalue weighted by Crippen LogP contribution is -2.42. The zero-order valence-electron chi connectivity index (χ0n) is 13.1. The molecule has 126 valence electrons. The Labute approximate surface area is 138 Å². The Morgan fingerprint density at radius 3 is 2.67 bits per heavy atom. The Hall–Kier alpha value is -2.80. The number of β-amino-alcohol motifs (C(OH)–C–C–N with tert-alkyl or cyclic N) is 1. The first-order chi connectivity index (χ1) is 11.5. The second kappa shape index (κ2) is 6.37. The maximum absolute atomic E-state index is 12.6. The average molecular weight is 330 g/mol. The van der Waals surface area contributed by atoms with E-state index in [1.165, 1.54) is 6.26 Å². The summed E-state index contributed by atoms with van der Waals surface area (Å²) in [6.45, 7) is 1.38. The van der Waals surface area contributed by atoms with Crippen LogP contribution in [0.2, 0.25) is 0 Å². The third-order valence-corrected chi connectivity index (χ3v) is 3.87. The number of aliphatic hydroxyl groups excluding tert-OH is 1. The molecule has 1 aliphatic heterocycles. The molecule has 1 aromatic carbocycles. The second-order valence-corrected chi connectivity index (χ2v) is 5.73. The van der Waals surface area contributed by atoms with Crippen LogP contribution in [0.15, 0.2) is 53.1 Å². The molecule has 3 amide bonds. The van der Waals surface area contributed by atoms with E-state index >= 15 is 0 Å². The number of amides is 3. The van der Waals surface area contributed by atoms with E-state index in [4.69, 9.17) is 9.15 Å². The van der Waals surface area contributed by atoms with Gasteiger partial charge in [-0.1, -0.05) is 18.2 Å². The van der Waals surface area contributed by atoms with Crippen molar-refractivity contribution in [3.05, 3.63) is 54.5 Å². The number of para-hydroxylation sites is 1. The van der Waals surface area contributed by atoms with Gasteiger partial charge in [0.1, 0.15) is 24.2 Å². The summed E-state index contributed by atoms with van der Waals surface area (Å²) in [6.07, 6.45) is 0.435. The Kier molecular flexibility index (Phi) is 4.26. The fourth-order valence-corrected chi connectivity index (χ4v) is 2.57. The van der Waals surface area contributed by atoms with E-state index in [0.717, 1.165) is 4.90 Å². The van der Waals surface area contributed by atoms with Crippen molar-refractivity contribution in [3.8, 4) is 5.75 Å². The molecule has 1 aromatic heterocycles. The number of nitrogens with zero attached hydrogens (tertiary/aromatic N) is 1. The van der Waals surface area contributed by atoms with Crippen molar-refractivity contribution in [2.24, 2.45) is 0 Å². The van der Waals surface area contributed by atoms with Crippen LogP contribution in [0.25, 0.3) is 0 Å². The van der Waals surface area contributed by atoms with Crippen LogP contribution in [0.4, 0.5) is 4.79 Å². The number of hydrogen-bond acceptors (Lipinski definition) is 5. The van der Waals surface area contributed by atoms with Crippen LogP contribution in [0, 0.1) is 0 Å². The van der Waals surface area contributed by atoms with Crippen molar-refractivity contribution >= 4 is 11.9 Å². The minimum absolute atomic E-state index is 0.0292. The molecule has 1 fully saturated rings. The number of imide groups is 1. The van der Waals surface area contributed by atoms with Gasteiger partial charge in [-0.2, -0.15) is 0 Å². The number of ether oxygens (including phenoxy) is 1. The van der Waals surface area contributed by atoms with E-state index < -0.39 is 23.6 Å². The lowest BCUT2D eigenvalue weighted by atomic mass is 9.99. The number of benzene rings is 1. The number of nitrogens with one attached hydrogen (secondary N) is 1. The number of carbonyl (C=O) groups excluding carboxylic acids is 2. The summed E-state index contributed by atoms with van der Waals surface area (Å²) in [5.74, 6) is 0.480. The molecule has 1 aliphatic rings. The summed E-state index contributed by atoms with van der Waals surface area (Å²) in [7, 11) is 0. The lowest BCUT2D eigenvalue weighted by molar-refractivity contribution is -0.132. The number of furan rings is 1. The fourth-order valence-electron chi connectivity index (χ4n) is 2.57. The molecule has 2 N–H and O–H groups in total. The molecule has 0 bridgehead atoms. The monoisotopic (exact) mass is 330 g/mol. The van der Waals surface area contributed by atoms with Crippen LogP contribution < -0.4 is 10.1 Å². The molecule has 0 radical (unpaired) electrons. The number of rotatable bonds is 6. The molecule has 0 aliphatic carbocycles. The standard InChI is InChI=1S/C17H18N2O5/c1-17(14-8-5-9-23-14)15(21)19(16(22)18-17)10-12(20)11-24-13-6-3-2-4-7-13/h2-9,12,20H,10-11H2,1H3,(H,18,22)/t12-,17+/m0/s1. The summed E-state index contributed by atoms with van der Waals surface area (Å²) in [6, 6.07) is 11.7. The van der Waals surface area contributed by atoms with Crippen LogP contribution in [-0.2, 0) is 10.3 Å². The van der Waals surface area contributed by atoms with Crippen LogP contribution in [0.1, 0.15) is 12.7 Å². The van der Waals surface area contributed by atoms with Gasteiger partial charge >= 0.3 is 6.03 Å². The van der Waals surface area contributed by atoms with Gasteiger partial charge in [-0.15, -0.1) is 0 Å². The van der Waals surface area contributed by atoms with Crippen LogP contribution in [-0.4, -0.2) is 41.2 Å². The van der Waals surface area contributed by atoms with E-state index in [0.29, 0.717) is 11.5 Å². The lowest BCUT2D eigenvalue weighted by Gasteiger charge is -2.20. The Balaban J connectivity index is 1.62. The average Bonchev–Trinajstić information content (AvgIpc) is 3.19. The Bertz CT molecular complexity index is 716. The van der Waals surface area contributed by atoms with Gasteiger partial charge in [0.25, 0.3) is 5.91 Å². The maximum atomic E-state index is 12.6. The minimum Gasteiger partial charge on any atom is -0.491 e. The summed E-state index contributed by atoms with van der Waals surface area (Å²) in [5.41, 5.74) is -1.26. The SMILES string of the molecule is C[C@]1(c2ccco2)NC(=O)N(C[C@H](O)COc2ccccc2)C1=O. The van der Waals surface area contributed by atoms with E-state index in [-0.39, 0.29) is 13.2 Å². The molecular weight excluding hydrogens is 312 g/mol. The largest absolute Gasteiger partial charge is 0.491 e.